The predicted octanol–water partition coefficient (Wildman–Crippen LogP) is -1.30. The van der Waals surface area contributed by atoms with Crippen LogP contribution >= 0.6 is 0 Å². The van der Waals surface area contributed by atoms with Gasteiger partial charge in [0.25, 0.3) is 0 Å². The molecule has 0 amide bonds. The fourth-order valence-electron chi connectivity index (χ4n) is 13.2. The average molecular weight is 887 g/mol. The number of aliphatic hydroxyl groups is 11. The summed E-state index contributed by atoms with van der Waals surface area (Å²) in [6, 6.07) is 0. The third-order valence-corrected chi connectivity index (χ3v) is 16.8. The predicted molar refractivity (Wildman–Crippen MR) is 213 cm³/mol. The van der Waals surface area contributed by atoms with Gasteiger partial charge in [-0.25, -0.2) is 0 Å². The maximum absolute atomic E-state index is 12.1. The van der Waals surface area contributed by atoms with Crippen molar-refractivity contribution < 1.29 is 89.3 Å². The second-order valence-corrected chi connectivity index (χ2v) is 20.2. The maximum atomic E-state index is 12.1. The van der Waals surface area contributed by atoms with E-state index < -0.39 is 116 Å². The van der Waals surface area contributed by atoms with E-state index in [2.05, 4.69) is 33.4 Å². The Hall–Kier alpha value is -1.24. The summed E-state index contributed by atoms with van der Waals surface area (Å²) in [5.41, 5.74) is 1.02. The molecule has 0 aromatic heterocycles. The molecule has 4 aliphatic carbocycles. The topological polar surface area (TPSA) is 287 Å². The lowest BCUT2D eigenvalue weighted by atomic mass is 9.46. The molecule has 18 nitrogen and oxygen atoms in total. The standard InChI is InChI=1S/C44H70O18/c1-18(16-56-39-36(53)35(52)33(50)28(15-45)59-39)8-11-44(55)19(2)30-27(62-44)14-25-23-7-6-21-12-22(46)13-29(43(21,5)24(23)9-10-42(25,30)4)60-41-38(32(49)26(47)17-57-41)61-40-37(54)34(51)31(48)20(3)58-40/h6,19-20,22-41,45-55H,1,7-17H2,2-5H3/t19-,20+,22+,23+,24-,25+,26-,27-,28+,29+,30-,31+,32-,33+,34-,35-,36+,37-,38+,39-,40+,41+,42-,43-,44-/m0/s1. The summed E-state index contributed by atoms with van der Waals surface area (Å²) in [5, 5.41) is 117. The molecule has 62 heavy (non-hydrogen) atoms. The molecule has 8 aliphatic rings. The van der Waals surface area contributed by atoms with Crippen molar-refractivity contribution in [2.24, 2.45) is 40.4 Å². The van der Waals surface area contributed by atoms with Crippen molar-refractivity contribution in [3.05, 3.63) is 23.8 Å². The Morgan fingerprint density at radius 3 is 2.27 bits per heavy atom. The zero-order chi connectivity index (χ0) is 44.8. The van der Waals surface area contributed by atoms with Gasteiger partial charge in [-0.15, -0.1) is 0 Å². The summed E-state index contributed by atoms with van der Waals surface area (Å²) >= 11 is 0. The van der Waals surface area contributed by atoms with Crippen LogP contribution in [0.1, 0.15) is 79.1 Å². The molecule has 3 saturated carbocycles. The highest BCUT2D eigenvalue weighted by molar-refractivity contribution is 5.29. The van der Waals surface area contributed by atoms with Gasteiger partial charge in [-0.2, -0.15) is 0 Å². The van der Waals surface area contributed by atoms with Crippen molar-refractivity contribution in [1.29, 1.82) is 0 Å². The number of allylic oxidation sites excluding steroid dienone is 1. The molecule has 0 aromatic carbocycles. The van der Waals surface area contributed by atoms with Gasteiger partial charge in [0.05, 0.1) is 44.2 Å². The first kappa shape index (κ1) is 47.3. The van der Waals surface area contributed by atoms with E-state index >= 15 is 0 Å². The van der Waals surface area contributed by atoms with E-state index in [1.54, 1.807) is 0 Å². The Morgan fingerprint density at radius 1 is 0.839 bits per heavy atom. The molecule has 8 rings (SSSR count). The largest absolute Gasteiger partial charge is 0.394 e. The molecular weight excluding hydrogens is 816 g/mol. The van der Waals surface area contributed by atoms with E-state index in [1.165, 1.54) is 6.92 Å². The zero-order valence-electron chi connectivity index (χ0n) is 36.0. The number of ether oxygens (including phenoxy) is 7. The van der Waals surface area contributed by atoms with Gasteiger partial charge in [0.1, 0.15) is 61.0 Å². The van der Waals surface area contributed by atoms with E-state index in [1.807, 2.05) is 0 Å². The van der Waals surface area contributed by atoms with Crippen molar-refractivity contribution in [1.82, 2.24) is 0 Å². The first-order valence-electron chi connectivity index (χ1n) is 22.6. The smallest absolute Gasteiger partial charge is 0.187 e. The molecule has 4 heterocycles. The fraction of sp³-hybridized carbons (Fsp3) is 0.909. The minimum Gasteiger partial charge on any atom is -0.394 e. The van der Waals surface area contributed by atoms with Gasteiger partial charge in [0.2, 0.25) is 0 Å². The van der Waals surface area contributed by atoms with Gasteiger partial charge in [-0.1, -0.05) is 44.6 Å². The third-order valence-electron chi connectivity index (χ3n) is 16.8. The Bertz CT molecular complexity index is 1630. The highest BCUT2D eigenvalue weighted by Gasteiger charge is 2.69. The van der Waals surface area contributed by atoms with Crippen molar-refractivity contribution in [2.45, 2.75) is 189 Å². The van der Waals surface area contributed by atoms with Gasteiger partial charge in [-0.05, 0) is 74.5 Å². The summed E-state index contributed by atoms with van der Waals surface area (Å²) in [6.45, 7) is 11.3. The molecule has 4 saturated heterocycles. The van der Waals surface area contributed by atoms with Gasteiger partial charge in [0.15, 0.2) is 24.7 Å². The molecule has 354 valence electrons. The molecule has 0 aromatic rings. The zero-order valence-corrected chi connectivity index (χ0v) is 36.0. The average Bonchev–Trinajstić information content (AvgIpc) is 3.67. The number of fused-ring (bicyclic) bond motifs is 7. The summed E-state index contributed by atoms with van der Waals surface area (Å²) in [7, 11) is 0. The summed E-state index contributed by atoms with van der Waals surface area (Å²) in [6.07, 6.45) is -13.9. The van der Waals surface area contributed by atoms with E-state index in [4.69, 9.17) is 33.2 Å². The number of aliphatic hydroxyl groups excluding tert-OH is 10. The number of rotatable bonds is 11. The minimum atomic E-state index is -1.66. The second kappa shape index (κ2) is 17.8. The molecule has 18 heteroatoms. The highest BCUT2D eigenvalue weighted by atomic mass is 16.8. The lowest BCUT2D eigenvalue weighted by Crippen LogP contribution is -2.63. The quantitative estimate of drug-likeness (QED) is 0.108. The summed E-state index contributed by atoms with van der Waals surface area (Å²) < 4.78 is 42.3. The molecule has 4 aliphatic heterocycles. The van der Waals surface area contributed by atoms with Crippen LogP contribution in [0.4, 0.5) is 0 Å². The fourth-order valence-corrected chi connectivity index (χ4v) is 13.2. The van der Waals surface area contributed by atoms with Crippen LogP contribution in [0.3, 0.4) is 0 Å². The Balaban J connectivity index is 0.936. The molecule has 11 N–H and O–H groups in total. The highest BCUT2D eigenvalue weighted by Crippen LogP contribution is 2.70. The maximum Gasteiger partial charge on any atom is 0.187 e. The lowest BCUT2D eigenvalue weighted by Gasteiger charge is -2.60. The first-order valence-corrected chi connectivity index (χ1v) is 22.6. The van der Waals surface area contributed by atoms with Gasteiger partial charge < -0.3 is 89.3 Å². The van der Waals surface area contributed by atoms with Crippen LogP contribution in [0.25, 0.3) is 0 Å². The molecular formula is C44H70O18. The van der Waals surface area contributed by atoms with Gasteiger partial charge in [-0.3, -0.25) is 0 Å². The number of hydrogen-bond donors (Lipinski definition) is 11. The molecule has 25 atom stereocenters. The Labute approximate surface area is 362 Å². The van der Waals surface area contributed by atoms with Crippen LogP contribution < -0.4 is 0 Å². The van der Waals surface area contributed by atoms with Gasteiger partial charge >= 0.3 is 0 Å². The van der Waals surface area contributed by atoms with Crippen LogP contribution in [0.2, 0.25) is 0 Å². The number of hydrogen-bond acceptors (Lipinski definition) is 18. The Morgan fingerprint density at radius 2 is 1.55 bits per heavy atom. The molecule has 7 fully saturated rings. The first-order chi connectivity index (χ1) is 29.2. The van der Waals surface area contributed by atoms with Crippen LogP contribution in [0, 0.1) is 40.4 Å². The van der Waals surface area contributed by atoms with Crippen LogP contribution in [0.15, 0.2) is 23.8 Å². The van der Waals surface area contributed by atoms with Crippen molar-refractivity contribution in [2.75, 3.05) is 19.8 Å². The van der Waals surface area contributed by atoms with E-state index in [-0.39, 0.29) is 67.2 Å². The SMILES string of the molecule is C=C(CC[C@]1(O)O[C@H]2C[C@@H]3[C@@H]4CC=C5C[C@@H](O)C[C@@H](O[C@H]6OC[C@H](O)[C@H](O)[C@H]6O[C@H]6O[C@H](C)[C@@H](O)[C@H](O)[C@@H]6O)[C@]5(C)[C@H]4CC[C@]3(C)[C@H]2[C@@H]1C)CO[C@H]1O[C@H](CO)[C@@H](O)[C@H](O)[C@H]1O. The summed E-state index contributed by atoms with van der Waals surface area (Å²) in [5.74, 6) is -0.883. The molecule has 0 unspecified atom stereocenters. The van der Waals surface area contributed by atoms with Crippen LogP contribution in [-0.4, -0.2) is 186 Å². The van der Waals surface area contributed by atoms with Crippen molar-refractivity contribution in [3.63, 3.8) is 0 Å². The summed E-state index contributed by atoms with van der Waals surface area (Å²) in [4.78, 5) is 0. The lowest BCUT2D eigenvalue weighted by molar-refractivity contribution is -0.362. The Kier molecular flexibility index (Phi) is 13.5. The van der Waals surface area contributed by atoms with E-state index in [0.29, 0.717) is 18.4 Å². The van der Waals surface area contributed by atoms with Crippen LogP contribution in [-0.2, 0) is 33.2 Å². The normalized spacial score (nSPS) is 55.1. The molecule has 0 bridgehead atoms. The third kappa shape index (κ3) is 7.98. The monoisotopic (exact) mass is 886 g/mol. The van der Waals surface area contributed by atoms with E-state index in [9.17, 15) is 56.2 Å². The van der Waals surface area contributed by atoms with Crippen LogP contribution in [0.5, 0.6) is 0 Å². The van der Waals surface area contributed by atoms with Crippen molar-refractivity contribution >= 4 is 0 Å². The minimum absolute atomic E-state index is 0.0472. The molecule has 0 radical (unpaired) electrons. The van der Waals surface area contributed by atoms with E-state index in [0.717, 1.165) is 31.3 Å². The van der Waals surface area contributed by atoms with Crippen molar-refractivity contribution in [3.8, 4) is 0 Å². The second-order valence-electron chi connectivity index (χ2n) is 20.2. The van der Waals surface area contributed by atoms with Gasteiger partial charge in [0, 0.05) is 24.2 Å². The molecule has 0 spiro atoms.